The molecule has 0 aliphatic rings. The Kier molecular flexibility index (Phi) is 2.90. The zero-order valence-corrected chi connectivity index (χ0v) is 10.3. The van der Waals surface area contributed by atoms with Crippen molar-refractivity contribution >= 4 is 11.3 Å². The number of nitrogens with zero attached hydrogens (tertiary/aromatic N) is 3. The van der Waals surface area contributed by atoms with Gasteiger partial charge < -0.3 is 0 Å². The highest BCUT2D eigenvalue weighted by molar-refractivity contribution is 7.10. The molecule has 0 aromatic carbocycles. The smallest absolute Gasteiger partial charge is 0.141 e. The molecular formula is C12H10FN3S. The highest BCUT2D eigenvalue weighted by Gasteiger charge is 2.24. The molecule has 0 spiro atoms. The lowest BCUT2D eigenvalue weighted by Gasteiger charge is -2.09. The molecule has 2 aromatic rings. The van der Waals surface area contributed by atoms with Gasteiger partial charge in [0.25, 0.3) is 0 Å². The summed E-state index contributed by atoms with van der Waals surface area (Å²) in [6, 6.07) is 5.12. The number of aromatic nitrogens is 2. The molecule has 2 rings (SSSR count). The van der Waals surface area contributed by atoms with Crippen LogP contribution in [0, 0.1) is 17.1 Å². The molecular weight excluding hydrogens is 237 g/mol. The van der Waals surface area contributed by atoms with Gasteiger partial charge >= 0.3 is 0 Å². The van der Waals surface area contributed by atoms with E-state index in [1.165, 1.54) is 17.4 Å². The third-order valence-electron chi connectivity index (χ3n) is 2.31. The highest BCUT2D eigenvalue weighted by atomic mass is 32.1. The van der Waals surface area contributed by atoms with Gasteiger partial charge in [-0.05, 0) is 26.0 Å². The summed E-state index contributed by atoms with van der Waals surface area (Å²) in [5.41, 5.74) is 0.680. The molecule has 0 aliphatic heterocycles. The Morgan fingerprint density at radius 1 is 1.35 bits per heavy atom. The van der Waals surface area contributed by atoms with Gasteiger partial charge in [-0.25, -0.2) is 9.37 Å². The van der Waals surface area contributed by atoms with Crippen molar-refractivity contribution in [3.8, 4) is 17.5 Å². The predicted octanol–water partition coefficient (Wildman–Crippen LogP) is 3.15. The molecule has 0 fully saturated rings. The normalized spacial score (nSPS) is 11.2. The molecule has 0 bridgehead atoms. The van der Waals surface area contributed by atoms with E-state index >= 15 is 0 Å². The molecule has 0 saturated carbocycles. The van der Waals surface area contributed by atoms with E-state index in [9.17, 15) is 4.39 Å². The molecule has 2 aromatic heterocycles. The second kappa shape index (κ2) is 4.22. The van der Waals surface area contributed by atoms with Gasteiger partial charge in [0.1, 0.15) is 16.2 Å². The lowest BCUT2D eigenvalue weighted by Crippen LogP contribution is -2.13. The summed E-state index contributed by atoms with van der Waals surface area (Å²) in [6.45, 7) is 3.63. The van der Waals surface area contributed by atoms with Crippen LogP contribution in [0.4, 0.5) is 4.39 Å². The molecule has 5 heteroatoms. The van der Waals surface area contributed by atoms with E-state index < -0.39 is 5.41 Å². The number of halogens is 1. The minimum Gasteiger partial charge on any atom is -0.252 e. The Morgan fingerprint density at radius 3 is 2.71 bits per heavy atom. The Bertz CT molecular complexity index is 566. The van der Waals surface area contributed by atoms with Gasteiger partial charge in [-0.2, -0.15) is 5.26 Å². The fourth-order valence-electron chi connectivity index (χ4n) is 1.25. The van der Waals surface area contributed by atoms with Crippen LogP contribution in [0.25, 0.3) is 11.4 Å². The summed E-state index contributed by atoms with van der Waals surface area (Å²) in [5.74, 6) is -0.374. The first-order valence-corrected chi connectivity index (χ1v) is 5.90. The first kappa shape index (κ1) is 11.7. The first-order valence-electron chi connectivity index (χ1n) is 5.02. The second-order valence-electron chi connectivity index (χ2n) is 4.14. The predicted molar refractivity (Wildman–Crippen MR) is 63.9 cm³/mol. The largest absolute Gasteiger partial charge is 0.252 e. The maximum absolute atomic E-state index is 12.7. The van der Waals surface area contributed by atoms with Gasteiger partial charge in [-0.15, -0.1) is 11.3 Å². The second-order valence-corrected chi connectivity index (χ2v) is 4.99. The van der Waals surface area contributed by atoms with Crippen molar-refractivity contribution in [1.29, 1.82) is 5.26 Å². The third-order valence-corrected chi connectivity index (χ3v) is 3.47. The monoisotopic (exact) mass is 247 g/mol. The molecule has 3 nitrogen and oxygen atoms in total. The summed E-state index contributed by atoms with van der Waals surface area (Å²) >= 11 is 1.41. The van der Waals surface area contributed by atoms with E-state index in [2.05, 4.69) is 16.0 Å². The van der Waals surface area contributed by atoms with Crippen molar-refractivity contribution in [3.05, 3.63) is 34.5 Å². The minimum absolute atomic E-state index is 0.374. The van der Waals surface area contributed by atoms with E-state index in [0.717, 1.165) is 11.2 Å². The number of thiazole rings is 1. The lowest BCUT2D eigenvalue weighted by molar-refractivity contribution is 0.621. The molecule has 17 heavy (non-hydrogen) atoms. The molecule has 0 atom stereocenters. The molecule has 86 valence electrons. The van der Waals surface area contributed by atoms with Gasteiger partial charge in [-0.3, -0.25) is 4.98 Å². The van der Waals surface area contributed by atoms with Crippen molar-refractivity contribution in [2.45, 2.75) is 19.3 Å². The van der Waals surface area contributed by atoms with Crippen molar-refractivity contribution in [2.75, 3.05) is 0 Å². The first-order chi connectivity index (χ1) is 8.03. The molecule has 0 radical (unpaired) electrons. The van der Waals surface area contributed by atoms with Crippen molar-refractivity contribution in [2.24, 2.45) is 0 Å². The maximum Gasteiger partial charge on any atom is 0.141 e. The number of nitriles is 1. The summed E-state index contributed by atoms with van der Waals surface area (Å²) in [7, 11) is 0. The van der Waals surface area contributed by atoms with Gasteiger partial charge in [0.2, 0.25) is 0 Å². The van der Waals surface area contributed by atoms with E-state index in [-0.39, 0.29) is 5.82 Å². The topological polar surface area (TPSA) is 49.6 Å². The average molecular weight is 247 g/mol. The van der Waals surface area contributed by atoms with Crippen LogP contribution in [0.15, 0.2) is 23.7 Å². The summed E-state index contributed by atoms with van der Waals surface area (Å²) in [6.07, 6.45) is 1.16. The van der Waals surface area contributed by atoms with Crippen molar-refractivity contribution in [3.63, 3.8) is 0 Å². The highest BCUT2D eigenvalue weighted by Crippen LogP contribution is 2.29. The molecule has 0 amide bonds. The fraction of sp³-hybridized carbons (Fsp3) is 0.250. The SMILES string of the molecule is CC(C)(C#N)c1nc(-c2ccc(F)cn2)cs1. The Morgan fingerprint density at radius 2 is 2.12 bits per heavy atom. The van der Waals surface area contributed by atoms with Gasteiger partial charge in [0.05, 0.1) is 23.7 Å². The number of rotatable bonds is 2. The van der Waals surface area contributed by atoms with E-state index in [4.69, 9.17) is 5.26 Å². The van der Waals surface area contributed by atoms with Crippen LogP contribution in [0.1, 0.15) is 18.9 Å². The standard InChI is InChI=1S/C12H10FN3S/c1-12(2,7-14)11-16-10(6-17-11)9-4-3-8(13)5-15-9/h3-6H,1-2H3. The summed E-state index contributed by atoms with van der Waals surface area (Å²) in [5, 5.41) is 11.6. The molecule has 0 unspecified atom stereocenters. The van der Waals surface area contributed by atoms with Crippen LogP contribution in [-0.2, 0) is 5.41 Å². The lowest BCUT2D eigenvalue weighted by atomic mass is 9.97. The Balaban J connectivity index is 2.37. The van der Waals surface area contributed by atoms with Crippen LogP contribution >= 0.6 is 11.3 Å². The quantitative estimate of drug-likeness (QED) is 0.819. The van der Waals surface area contributed by atoms with E-state index in [0.29, 0.717) is 11.4 Å². The van der Waals surface area contributed by atoms with Crippen LogP contribution in [-0.4, -0.2) is 9.97 Å². The Labute approximate surface area is 103 Å². The maximum atomic E-state index is 12.7. The number of pyridine rings is 1. The number of hydrogen-bond donors (Lipinski definition) is 0. The van der Waals surface area contributed by atoms with Gasteiger partial charge in [0, 0.05) is 5.38 Å². The van der Waals surface area contributed by atoms with Crippen LogP contribution in [0.2, 0.25) is 0 Å². The zero-order chi connectivity index (χ0) is 12.5. The van der Waals surface area contributed by atoms with Crippen molar-refractivity contribution < 1.29 is 4.39 Å². The molecule has 0 aliphatic carbocycles. The average Bonchev–Trinajstić information content (AvgIpc) is 2.80. The third kappa shape index (κ3) is 2.32. The minimum atomic E-state index is -0.608. The molecule has 0 N–H and O–H groups in total. The van der Waals surface area contributed by atoms with E-state index in [1.54, 1.807) is 6.07 Å². The molecule has 0 saturated heterocycles. The van der Waals surface area contributed by atoms with Crippen LogP contribution < -0.4 is 0 Å². The summed E-state index contributed by atoms with van der Waals surface area (Å²) in [4.78, 5) is 8.32. The fourth-order valence-corrected chi connectivity index (χ4v) is 2.14. The van der Waals surface area contributed by atoms with Gasteiger partial charge in [-0.1, -0.05) is 0 Å². The Hall–Kier alpha value is -1.80. The van der Waals surface area contributed by atoms with Crippen LogP contribution in [0.3, 0.4) is 0 Å². The zero-order valence-electron chi connectivity index (χ0n) is 9.44. The van der Waals surface area contributed by atoms with E-state index in [1.807, 2.05) is 19.2 Å². The van der Waals surface area contributed by atoms with Crippen LogP contribution in [0.5, 0.6) is 0 Å². The number of hydrogen-bond acceptors (Lipinski definition) is 4. The van der Waals surface area contributed by atoms with Gasteiger partial charge in [0.15, 0.2) is 0 Å². The molecule has 2 heterocycles. The van der Waals surface area contributed by atoms with Crippen molar-refractivity contribution in [1.82, 2.24) is 9.97 Å². The summed E-state index contributed by atoms with van der Waals surface area (Å²) < 4.78 is 12.7.